The monoisotopic (exact) mass is 943 g/mol. The van der Waals surface area contributed by atoms with Crippen LogP contribution < -0.4 is 66.3 Å². The fourth-order valence-corrected chi connectivity index (χ4v) is 6.48. The average Bonchev–Trinajstić information content (AvgIpc) is 3.79. The minimum absolute atomic E-state index is 0.0353. The quantitative estimate of drug-likeness (QED) is 0.0181. The number of guanidine groups is 1. The maximum absolute atomic E-state index is 14.3. The van der Waals surface area contributed by atoms with E-state index in [-0.39, 0.29) is 64.0 Å². The number of carboxylic acid groups (broad SMARTS) is 2. The van der Waals surface area contributed by atoms with Crippen molar-refractivity contribution in [2.75, 3.05) is 19.6 Å². The van der Waals surface area contributed by atoms with E-state index in [4.69, 9.17) is 39.5 Å². The highest BCUT2D eigenvalue weighted by atomic mass is 16.4. The Hall–Kier alpha value is -7.19. The number of unbranched alkanes of at least 4 members (excludes halogenated alkanes) is 2. The molecule has 1 heterocycles. The van der Waals surface area contributed by atoms with Crippen LogP contribution in [0.4, 0.5) is 0 Å². The molecule has 370 valence electrons. The van der Waals surface area contributed by atoms with E-state index in [9.17, 15) is 48.3 Å². The van der Waals surface area contributed by atoms with Crippen LogP contribution in [-0.4, -0.2) is 141 Å². The van der Waals surface area contributed by atoms with Crippen molar-refractivity contribution in [3.8, 4) is 0 Å². The van der Waals surface area contributed by atoms with Gasteiger partial charge >= 0.3 is 11.9 Å². The number of nitrogens with one attached hydrogen (secondary N) is 7. The van der Waals surface area contributed by atoms with Gasteiger partial charge in [-0.25, -0.2) is 9.78 Å². The number of aliphatic imine (C=N–C) groups is 1. The van der Waals surface area contributed by atoms with Crippen molar-refractivity contribution >= 4 is 59.2 Å². The molecule has 0 unspecified atom stereocenters. The molecule has 0 saturated heterocycles. The van der Waals surface area contributed by atoms with Crippen LogP contribution in [0.15, 0.2) is 47.8 Å². The molecule has 0 bridgehead atoms. The molecule has 7 atom stereocenters. The molecule has 2 aromatic rings. The molecule has 26 nitrogen and oxygen atoms in total. The Kier molecular flexibility index (Phi) is 25.1. The van der Waals surface area contributed by atoms with Crippen LogP contribution >= 0.6 is 0 Å². The Morgan fingerprint density at radius 1 is 0.597 bits per heavy atom. The fraction of sp³-hybridized carbons (Fsp3) is 0.537. The molecule has 0 aliphatic rings. The molecule has 0 fully saturated rings. The number of nitrogens with zero attached hydrogens (tertiary/aromatic N) is 2. The van der Waals surface area contributed by atoms with E-state index >= 15 is 0 Å². The van der Waals surface area contributed by atoms with E-state index in [0.717, 1.165) is 0 Å². The van der Waals surface area contributed by atoms with Gasteiger partial charge in [0.25, 0.3) is 0 Å². The normalized spacial score (nSPS) is 14.0. The second kappa shape index (κ2) is 30.1. The van der Waals surface area contributed by atoms with Gasteiger partial charge in [0, 0.05) is 31.3 Å². The first-order valence-corrected chi connectivity index (χ1v) is 21.6. The Bertz CT molecular complexity index is 1970. The van der Waals surface area contributed by atoms with Crippen molar-refractivity contribution in [1.82, 2.24) is 41.9 Å². The molecule has 0 saturated carbocycles. The topological polar surface area (TPSA) is 463 Å². The first-order valence-electron chi connectivity index (χ1n) is 21.6. The van der Waals surface area contributed by atoms with Crippen LogP contribution in [0.2, 0.25) is 0 Å². The van der Waals surface area contributed by atoms with Gasteiger partial charge in [0.15, 0.2) is 5.96 Å². The molecule has 1 aromatic carbocycles. The molecule has 0 radical (unpaired) electrons. The zero-order valence-electron chi connectivity index (χ0n) is 37.1. The molecule has 21 N–H and O–H groups in total. The summed E-state index contributed by atoms with van der Waals surface area (Å²) in [7, 11) is 0. The lowest BCUT2D eigenvalue weighted by Crippen LogP contribution is -2.60. The number of aliphatic carboxylic acids is 2. The zero-order chi connectivity index (χ0) is 49.9. The Morgan fingerprint density at radius 2 is 1.09 bits per heavy atom. The van der Waals surface area contributed by atoms with Crippen molar-refractivity contribution in [3.63, 3.8) is 0 Å². The van der Waals surface area contributed by atoms with E-state index in [1.807, 2.05) is 0 Å². The van der Waals surface area contributed by atoms with E-state index in [0.29, 0.717) is 37.1 Å². The molecular weight excluding hydrogens is 879 g/mol. The van der Waals surface area contributed by atoms with Gasteiger partial charge in [0.1, 0.15) is 36.3 Å². The second-order valence-electron chi connectivity index (χ2n) is 15.6. The minimum Gasteiger partial charge on any atom is -0.481 e. The van der Waals surface area contributed by atoms with Gasteiger partial charge in [0.2, 0.25) is 41.4 Å². The standard InChI is InChI=1S/C41H65N15O11/c42-14-6-4-11-25(44)34(60)53-29(18-24-21-48-22-50-24)38(64)52-27(13-8-16-49-41(46)47)35(61)54-28(17-23-9-2-1-3-10-23)37(63)55-30(19-32(45)57)39(65)51-26(12-5-7-15-43)36(62)56-31(40(66)67)20-33(58)59/h1-3,9-10,21-22,25-31H,4-8,11-20,42-44H2,(H2,45,57)(H,48,50)(H,51,65)(H,52,64)(H,53,60)(H,54,61)(H,55,63)(H,56,62)(H,58,59)(H,66,67)(H4,46,47,49)/t25-,26-,27-,28-,29-,30-,31-/m0/s1. The Labute approximate surface area is 386 Å². The molecule has 1 aromatic heterocycles. The van der Waals surface area contributed by atoms with Crippen LogP contribution in [-0.2, 0) is 56.0 Å². The number of benzene rings is 1. The number of hydrogen-bond acceptors (Lipinski definition) is 14. The highest BCUT2D eigenvalue weighted by molar-refractivity contribution is 5.98. The largest absolute Gasteiger partial charge is 0.481 e. The molecule has 0 aliphatic carbocycles. The summed E-state index contributed by atoms with van der Waals surface area (Å²) in [5.41, 5.74) is 34.7. The van der Waals surface area contributed by atoms with E-state index < -0.39 is 108 Å². The summed E-state index contributed by atoms with van der Waals surface area (Å²) in [4.78, 5) is 129. The summed E-state index contributed by atoms with van der Waals surface area (Å²) in [5.74, 6) is -9.97. The zero-order valence-corrected chi connectivity index (χ0v) is 37.1. The summed E-state index contributed by atoms with van der Waals surface area (Å²) in [6, 6.07) is -1.91. The Balaban J connectivity index is 2.48. The highest BCUT2D eigenvalue weighted by Crippen LogP contribution is 2.10. The first-order chi connectivity index (χ1) is 31.8. The predicted octanol–water partition coefficient (Wildman–Crippen LogP) is -4.82. The number of aromatic nitrogens is 2. The predicted molar refractivity (Wildman–Crippen MR) is 241 cm³/mol. The molecule has 7 amide bonds. The van der Waals surface area contributed by atoms with Crippen molar-refractivity contribution in [2.45, 2.75) is 119 Å². The third-order valence-corrected chi connectivity index (χ3v) is 10.0. The van der Waals surface area contributed by atoms with Crippen LogP contribution in [0.5, 0.6) is 0 Å². The minimum atomic E-state index is -1.86. The lowest BCUT2D eigenvalue weighted by Gasteiger charge is -2.27. The number of aromatic amines is 1. The number of amides is 7. The molecule has 2 rings (SSSR count). The van der Waals surface area contributed by atoms with Gasteiger partial charge in [-0.2, -0.15) is 0 Å². The number of imidazole rings is 1. The van der Waals surface area contributed by atoms with Gasteiger partial charge in [0.05, 0.1) is 25.2 Å². The van der Waals surface area contributed by atoms with Crippen LogP contribution in [0.25, 0.3) is 0 Å². The fourth-order valence-electron chi connectivity index (χ4n) is 6.48. The number of hydrogen-bond donors (Lipinski definition) is 15. The summed E-state index contributed by atoms with van der Waals surface area (Å²) < 4.78 is 0. The molecule has 0 spiro atoms. The molecule has 26 heteroatoms. The smallest absolute Gasteiger partial charge is 0.326 e. The van der Waals surface area contributed by atoms with E-state index in [2.05, 4.69) is 46.9 Å². The Morgan fingerprint density at radius 3 is 1.61 bits per heavy atom. The lowest BCUT2D eigenvalue weighted by atomic mass is 10.0. The van der Waals surface area contributed by atoms with Crippen LogP contribution in [0.1, 0.15) is 75.5 Å². The van der Waals surface area contributed by atoms with Gasteiger partial charge in [-0.15, -0.1) is 0 Å². The summed E-state index contributed by atoms with van der Waals surface area (Å²) in [6.45, 7) is 0.630. The second-order valence-corrected chi connectivity index (χ2v) is 15.6. The van der Waals surface area contributed by atoms with E-state index in [1.165, 1.54) is 12.5 Å². The number of carbonyl (C=O) groups excluding carboxylic acids is 7. The average molecular weight is 944 g/mol. The number of primary amides is 1. The van der Waals surface area contributed by atoms with Crippen molar-refractivity contribution < 1.29 is 53.4 Å². The maximum Gasteiger partial charge on any atom is 0.326 e. The van der Waals surface area contributed by atoms with Crippen LogP contribution in [0.3, 0.4) is 0 Å². The molecule has 67 heavy (non-hydrogen) atoms. The van der Waals surface area contributed by atoms with Crippen molar-refractivity contribution in [3.05, 3.63) is 54.1 Å². The van der Waals surface area contributed by atoms with Gasteiger partial charge < -0.3 is 81.5 Å². The number of rotatable bonds is 33. The first kappa shape index (κ1) is 55.9. The van der Waals surface area contributed by atoms with Gasteiger partial charge in [-0.3, -0.25) is 43.3 Å². The molecule has 0 aliphatic heterocycles. The van der Waals surface area contributed by atoms with Crippen molar-refractivity contribution in [2.24, 2.45) is 39.4 Å². The molecular formula is C41H65N15O11. The van der Waals surface area contributed by atoms with Crippen molar-refractivity contribution in [1.29, 1.82) is 0 Å². The summed E-state index contributed by atoms with van der Waals surface area (Å²) in [6.07, 6.45) is 2.79. The number of H-pyrrole nitrogens is 1. The van der Waals surface area contributed by atoms with Crippen LogP contribution in [0, 0.1) is 0 Å². The number of carbonyl (C=O) groups is 9. The summed E-state index contributed by atoms with van der Waals surface area (Å²) >= 11 is 0. The highest BCUT2D eigenvalue weighted by Gasteiger charge is 2.35. The van der Waals surface area contributed by atoms with E-state index in [1.54, 1.807) is 30.3 Å². The lowest BCUT2D eigenvalue weighted by molar-refractivity contribution is -0.147. The third-order valence-electron chi connectivity index (χ3n) is 10.0. The summed E-state index contributed by atoms with van der Waals surface area (Å²) in [5, 5.41) is 33.4. The SMILES string of the molecule is NCCCC[C@H](NC(=O)[C@H](CC(N)=O)NC(=O)[C@H](Cc1ccccc1)NC(=O)[C@H](CCCN=C(N)N)NC(=O)[C@H](Cc1cnc[nH]1)NC(=O)[C@@H](N)CCCCN)C(=O)N[C@@H](CC(=O)O)C(=O)O. The number of nitrogens with two attached hydrogens (primary N) is 6. The number of carboxylic acids is 2. The maximum atomic E-state index is 14.3. The van der Waals surface area contributed by atoms with Gasteiger partial charge in [-0.1, -0.05) is 36.8 Å². The third kappa shape index (κ3) is 22.0. The van der Waals surface area contributed by atoms with Gasteiger partial charge in [-0.05, 0) is 63.6 Å².